The highest BCUT2D eigenvalue weighted by Crippen LogP contribution is 2.36. The van der Waals surface area contributed by atoms with Crippen LogP contribution < -0.4 is 25.4 Å². The number of methoxy groups -OCH3 is 2. The lowest BCUT2D eigenvalue weighted by atomic mass is 10.1. The van der Waals surface area contributed by atoms with Gasteiger partial charge in [0.05, 0.1) is 40.2 Å². The number of halogens is 3. The topological polar surface area (TPSA) is 106 Å². The minimum absolute atomic E-state index is 0.0363. The van der Waals surface area contributed by atoms with E-state index < -0.39 is 17.1 Å². The fourth-order valence-electron chi connectivity index (χ4n) is 3.99. The Morgan fingerprint density at radius 3 is 2.16 bits per heavy atom. The Morgan fingerprint density at radius 2 is 1.49 bits per heavy atom. The molecule has 1 unspecified atom stereocenters. The Morgan fingerprint density at radius 1 is 0.800 bits per heavy atom. The highest BCUT2D eigenvalue weighted by Gasteiger charge is 2.19. The van der Waals surface area contributed by atoms with Crippen LogP contribution in [-0.2, 0) is 9.59 Å². The number of anilines is 2. The minimum Gasteiger partial charge on any atom is -0.495 e. The van der Waals surface area contributed by atoms with Gasteiger partial charge in [0.2, 0.25) is 5.91 Å². The van der Waals surface area contributed by atoms with E-state index in [1.807, 2.05) is 0 Å². The summed E-state index contributed by atoms with van der Waals surface area (Å²) in [4.78, 5) is 40.0. The lowest BCUT2D eigenvalue weighted by molar-refractivity contribution is -0.115. The number of ether oxygens (including phenoxy) is 2. The summed E-state index contributed by atoms with van der Waals surface area (Å²) in [6.45, 7) is 1.76. The maximum Gasteiger partial charge on any atom is 0.272 e. The number of hydrogen-bond donors (Lipinski definition) is 3. The molecule has 4 aromatic carbocycles. The molecular formula is C33H28Cl3N3O5S. The van der Waals surface area contributed by atoms with E-state index in [0.717, 1.165) is 4.90 Å². The fraction of sp³-hybridized carbons (Fsp3) is 0.121. The maximum absolute atomic E-state index is 13.4. The molecule has 0 radical (unpaired) electrons. The van der Waals surface area contributed by atoms with Crippen molar-refractivity contribution in [1.82, 2.24) is 5.32 Å². The molecule has 0 bridgehead atoms. The van der Waals surface area contributed by atoms with Gasteiger partial charge in [-0.2, -0.15) is 0 Å². The molecule has 3 amide bonds. The molecule has 0 spiro atoms. The van der Waals surface area contributed by atoms with Crippen molar-refractivity contribution in [2.24, 2.45) is 0 Å². The molecular weight excluding hydrogens is 657 g/mol. The lowest BCUT2D eigenvalue weighted by Crippen LogP contribution is -2.30. The Kier molecular flexibility index (Phi) is 11.8. The highest BCUT2D eigenvalue weighted by molar-refractivity contribution is 8.00. The number of amides is 3. The first-order chi connectivity index (χ1) is 21.6. The summed E-state index contributed by atoms with van der Waals surface area (Å²) in [5, 5.41) is 8.70. The summed E-state index contributed by atoms with van der Waals surface area (Å²) in [5.41, 5.74) is 1.68. The van der Waals surface area contributed by atoms with Crippen molar-refractivity contribution < 1.29 is 23.9 Å². The predicted molar refractivity (Wildman–Crippen MR) is 182 cm³/mol. The summed E-state index contributed by atoms with van der Waals surface area (Å²) in [5.74, 6) is -0.469. The van der Waals surface area contributed by atoms with Crippen LogP contribution in [0.2, 0.25) is 15.1 Å². The third kappa shape index (κ3) is 8.95. The zero-order valence-electron chi connectivity index (χ0n) is 24.3. The van der Waals surface area contributed by atoms with Gasteiger partial charge in [0, 0.05) is 22.2 Å². The van der Waals surface area contributed by atoms with E-state index in [2.05, 4.69) is 16.0 Å². The number of thioether (sulfide) groups is 1. The molecule has 45 heavy (non-hydrogen) atoms. The van der Waals surface area contributed by atoms with Gasteiger partial charge in [-0.05, 0) is 67.1 Å². The van der Waals surface area contributed by atoms with Crippen molar-refractivity contribution in [3.63, 3.8) is 0 Å². The van der Waals surface area contributed by atoms with Gasteiger partial charge in [0.15, 0.2) is 0 Å². The van der Waals surface area contributed by atoms with Crippen LogP contribution in [0.4, 0.5) is 11.4 Å². The van der Waals surface area contributed by atoms with Crippen LogP contribution >= 0.6 is 46.6 Å². The first-order valence-corrected chi connectivity index (χ1v) is 15.4. The van der Waals surface area contributed by atoms with Gasteiger partial charge >= 0.3 is 0 Å². The van der Waals surface area contributed by atoms with Gasteiger partial charge in [-0.25, -0.2) is 0 Å². The van der Waals surface area contributed by atoms with Crippen molar-refractivity contribution in [2.75, 3.05) is 24.9 Å². The second kappa shape index (κ2) is 15.7. The van der Waals surface area contributed by atoms with E-state index in [1.165, 1.54) is 32.1 Å². The second-order valence-corrected chi connectivity index (χ2v) is 12.0. The molecule has 0 aliphatic carbocycles. The van der Waals surface area contributed by atoms with Gasteiger partial charge < -0.3 is 25.4 Å². The standard InChI is InChI=1S/C33H28Cl3N3O5S/c1-19(31(40)38-26-17-25(35)28(43-2)18-29(26)44-3)45-23-14-12-22(13-15-23)37-33(42)27(16-21-10-7-11-24(34)30(21)36)39-32(41)20-8-5-4-6-9-20/h4-19H,1-3H3,(H,37,42)(H,38,40)(H,39,41)/b27-16-. The number of hydrogen-bond acceptors (Lipinski definition) is 6. The monoisotopic (exact) mass is 683 g/mol. The van der Waals surface area contributed by atoms with Gasteiger partial charge in [0.1, 0.15) is 17.2 Å². The fourth-order valence-corrected chi connectivity index (χ4v) is 5.47. The molecule has 0 saturated carbocycles. The molecule has 4 rings (SSSR count). The zero-order valence-corrected chi connectivity index (χ0v) is 27.4. The number of nitrogens with one attached hydrogen (secondary N) is 3. The molecule has 0 heterocycles. The van der Waals surface area contributed by atoms with Crippen LogP contribution in [0.15, 0.2) is 95.5 Å². The third-order valence-corrected chi connectivity index (χ3v) is 8.58. The molecule has 0 aliphatic rings. The van der Waals surface area contributed by atoms with Gasteiger partial charge in [-0.15, -0.1) is 11.8 Å². The van der Waals surface area contributed by atoms with Crippen LogP contribution in [0.5, 0.6) is 11.5 Å². The van der Waals surface area contributed by atoms with Crippen molar-refractivity contribution in [3.05, 3.63) is 117 Å². The third-order valence-electron chi connectivity index (χ3n) is 6.34. The van der Waals surface area contributed by atoms with E-state index in [1.54, 1.807) is 91.9 Å². The number of carbonyl (C=O) groups is 3. The number of benzene rings is 4. The van der Waals surface area contributed by atoms with Gasteiger partial charge in [0.25, 0.3) is 11.8 Å². The quantitative estimate of drug-likeness (QED) is 0.109. The van der Waals surface area contributed by atoms with Crippen LogP contribution in [0.1, 0.15) is 22.8 Å². The summed E-state index contributed by atoms with van der Waals surface area (Å²) in [7, 11) is 2.98. The number of rotatable bonds is 11. The molecule has 8 nitrogen and oxygen atoms in total. The average Bonchev–Trinajstić information content (AvgIpc) is 3.04. The minimum atomic E-state index is -0.574. The Labute approximate surface area is 280 Å². The van der Waals surface area contributed by atoms with Gasteiger partial charge in [-0.1, -0.05) is 65.1 Å². The molecule has 3 N–H and O–H groups in total. The summed E-state index contributed by atoms with van der Waals surface area (Å²) in [6.07, 6.45) is 1.46. The van der Waals surface area contributed by atoms with Gasteiger partial charge in [-0.3, -0.25) is 14.4 Å². The largest absolute Gasteiger partial charge is 0.495 e. The average molecular weight is 685 g/mol. The van der Waals surface area contributed by atoms with Crippen molar-refractivity contribution in [1.29, 1.82) is 0 Å². The van der Waals surface area contributed by atoms with E-state index in [-0.39, 0.29) is 16.6 Å². The smallest absolute Gasteiger partial charge is 0.272 e. The first kappa shape index (κ1) is 33.7. The molecule has 0 saturated heterocycles. The van der Waals surface area contributed by atoms with E-state index in [9.17, 15) is 14.4 Å². The second-order valence-electron chi connectivity index (χ2n) is 9.44. The SMILES string of the molecule is COc1cc(OC)c(NC(=O)C(C)Sc2ccc(NC(=O)/C(=C/c3cccc(Cl)c3Cl)NC(=O)c3ccccc3)cc2)cc1Cl. The highest BCUT2D eigenvalue weighted by atomic mass is 35.5. The summed E-state index contributed by atoms with van der Waals surface area (Å²) < 4.78 is 10.6. The van der Waals surface area contributed by atoms with Crippen molar-refractivity contribution in [3.8, 4) is 11.5 Å². The predicted octanol–water partition coefficient (Wildman–Crippen LogP) is 8.19. The lowest BCUT2D eigenvalue weighted by Gasteiger charge is -2.16. The Balaban J connectivity index is 1.45. The molecule has 0 fully saturated rings. The number of carbonyl (C=O) groups excluding carboxylic acids is 3. The Hall–Kier alpha value is -4.15. The molecule has 4 aromatic rings. The van der Waals surface area contributed by atoms with Crippen LogP contribution in [0.25, 0.3) is 6.08 Å². The molecule has 232 valence electrons. The Bertz CT molecular complexity index is 1730. The summed E-state index contributed by atoms with van der Waals surface area (Å²) in [6, 6.07) is 23.6. The molecule has 0 aromatic heterocycles. The maximum atomic E-state index is 13.4. The normalized spacial score (nSPS) is 11.7. The van der Waals surface area contributed by atoms with Crippen LogP contribution in [-0.4, -0.2) is 37.2 Å². The van der Waals surface area contributed by atoms with E-state index in [4.69, 9.17) is 44.3 Å². The summed E-state index contributed by atoms with van der Waals surface area (Å²) >= 11 is 20.1. The van der Waals surface area contributed by atoms with Crippen LogP contribution in [0.3, 0.4) is 0 Å². The van der Waals surface area contributed by atoms with Crippen LogP contribution in [0, 0.1) is 0 Å². The van der Waals surface area contributed by atoms with Crippen molar-refractivity contribution in [2.45, 2.75) is 17.1 Å². The molecule has 0 aliphatic heterocycles. The molecule has 1 atom stereocenters. The van der Waals surface area contributed by atoms with Crippen molar-refractivity contribution >= 4 is 81.7 Å². The van der Waals surface area contributed by atoms with E-state index in [0.29, 0.717) is 44.0 Å². The molecule has 12 heteroatoms. The van der Waals surface area contributed by atoms with E-state index >= 15 is 0 Å². The zero-order chi connectivity index (χ0) is 32.5. The first-order valence-electron chi connectivity index (χ1n) is 13.4.